The first-order valence-corrected chi connectivity index (χ1v) is 13.2. The fourth-order valence-corrected chi connectivity index (χ4v) is 3.42. The van der Waals surface area contributed by atoms with Crippen molar-refractivity contribution < 1.29 is 42.1 Å². The molecule has 0 saturated carbocycles. The SMILES string of the molecule is CCOc1cc(C(Nc2ccc(C(=N)N)cc2)C(=O)NNC(=O)c2ccc(Cl)nc2)ccc1OC(C)C.O=C(O)C(F)(F)F. The monoisotopic (exact) mass is 638 g/mol. The number of aliphatic carboxylic acids is 1. The third-order valence-electron chi connectivity index (χ3n) is 5.26. The van der Waals surface area contributed by atoms with Crippen molar-refractivity contribution in [2.24, 2.45) is 5.73 Å². The summed E-state index contributed by atoms with van der Waals surface area (Å²) < 4.78 is 43.3. The summed E-state index contributed by atoms with van der Waals surface area (Å²) in [5.41, 5.74) is 12.3. The van der Waals surface area contributed by atoms with Gasteiger partial charge < -0.3 is 25.6 Å². The number of pyridine rings is 1. The van der Waals surface area contributed by atoms with Crippen LogP contribution in [0.3, 0.4) is 0 Å². The van der Waals surface area contributed by atoms with Gasteiger partial charge in [0, 0.05) is 17.4 Å². The minimum Gasteiger partial charge on any atom is -0.490 e. The number of halogens is 4. The average Bonchev–Trinajstić information content (AvgIpc) is 2.95. The number of amides is 2. The highest BCUT2D eigenvalue weighted by atomic mass is 35.5. The molecule has 3 aromatic rings. The van der Waals surface area contributed by atoms with E-state index in [2.05, 4.69) is 21.2 Å². The number of carboxylic acids is 1. The van der Waals surface area contributed by atoms with Gasteiger partial charge in [-0.1, -0.05) is 17.7 Å². The summed E-state index contributed by atoms with van der Waals surface area (Å²) in [6, 6.07) is 14.0. The molecule has 0 spiro atoms. The van der Waals surface area contributed by atoms with Crippen LogP contribution in [-0.2, 0) is 9.59 Å². The van der Waals surface area contributed by atoms with Crippen LogP contribution in [-0.4, -0.2) is 52.6 Å². The molecule has 7 N–H and O–H groups in total. The number of amidine groups is 1. The van der Waals surface area contributed by atoms with E-state index >= 15 is 0 Å². The summed E-state index contributed by atoms with van der Waals surface area (Å²) in [4.78, 5) is 38.5. The summed E-state index contributed by atoms with van der Waals surface area (Å²) in [6.07, 6.45) is -3.85. The maximum Gasteiger partial charge on any atom is 0.490 e. The second kappa shape index (κ2) is 16.0. The number of rotatable bonds is 10. The first-order chi connectivity index (χ1) is 20.6. The van der Waals surface area contributed by atoms with Gasteiger partial charge in [0.1, 0.15) is 17.0 Å². The summed E-state index contributed by atoms with van der Waals surface area (Å²) in [7, 11) is 0. The highest BCUT2D eigenvalue weighted by molar-refractivity contribution is 6.29. The predicted molar refractivity (Wildman–Crippen MR) is 156 cm³/mol. The van der Waals surface area contributed by atoms with Gasteiger partial charge in [-0.15, -0.1) is 0 Å². The van der Waals surface area contributed by atoms with Crippen LogP contribution in [0.2, 0.25) is 5.15 Å². The molecule has 16 heteroatoms. The third-order valence-corrected chi connectivity index (χ3v) is 5.49. The maximum absolute atomic E-state index is 13.3. The van der Waals surface area contributed by atoms with Crippen molar-refractivity contribution >= 4 is 40.9 Å². The van der Waals surface area contributed by atoms with E-state index in [4.69, 9.17) is 42.1 Å². The second-order valence-electron chi connectivity index (χ2n) is 8.99. The number of nitrogens with zero attached hydrogens (tertiary/aromatic N) is 1. The molecule has 1 heterocycles. The van der Waals surface area contributed by atoms with Gasteiger partial charge >= 0.3 is 12.1 Å². The van der Waals surface area contributed by atoms with Crippen LogP contribution in [0.25, 0.3) is 0 Å². The quantitative estimate of drug-likeness (QED) is 0.0806. The molecular weight excluding hydrogens is 609 g/mol. The zero-order valence-electron chi connectivity index (χ0n) is 23.7. The zero-order chi connectivity index (χ0) is 33.0. The number of carbonyl (C=O) groups excluding carboxylic acids is 2. The number of nitrogens with one attached hydrogen (secondary N) is 4. The maximum atomic E-state index is 13.3. The number of hydrogen-bond donors (Lipinski definition) is 6. The molecular formula is C28H30ClF3N6O6. The van der Waals surface area contributed by atoms with Gasteiger partial charge in [-0.2, -0.15) is 13.2 Å². The third kappa shape index (κ3) is 11.0. The van der Waals surface area contributed by atoms with Gasteiger partial charge in [-0.25, -0.2) is 9.78 Å². The molecule has 12 nitrogen and oxygen atoms in total. The Bertz CT molecular complexity index is 1450. The number of alkyl halides is 3. The number of benzene rings is 2. The van der Waals surface area contributed by atoms with Gasteiger partial charge in [-0.05, 0) is 74.9 Å². The van der Waals surface area contributed by atoms with Crippen LogP contribution >= 0.6 is 11.6 Å². The van der Waals surface area contributed by atoms with Crippen molar-refractivity contribution in [1.29, 1.82) is 5.41 Å². The Kier molecular flexibility index (Phi) is 12.8. The Labute approximate surface area is 255 Å². The van der Waals surface area contributed by atoms with E-state index < -0.39 is 30.0 Å². The fourth-order valence-electron chi connectivity index (χ4n) is 3.31. The number of carbonyl (C=O) groups is 3. The lowest BCUT2D eigenvalue weighted by Crippen LogP contribution is -2.45. The zero-order valence-corrected chi connectivity index (χ0v) is 24.4. The topological polar surface area (TPSA) is 189 Å². The van der Waals surface area contributed by atoms with E-state index in [0.717, 1.165) is 0 Å². The smallest absolute Gasteiger partial charge is 0.490 e. The van der Waals surface area contributed by atoms with Crippen LogP contribution < -0.4 is 31.4 Å². The van der Waals surface area contributed by atoms with Crippen LogP contribution in [0.5, 0.6) is 11.5 Å². The molecule has 0 radical (unpaired) electrons. The van der Waals surface area contributed by atoms with E-state index in [9.17, 15) is 22.8 Å². The first kappa shape index (κ1) is 35.1. The van der Waals surface area contributed by atoms with Crippen LogP contribution in [0, 0.1) is 5.41 Å². The van der Waals surface area contributed by atoms with Crippen molar-refractivity contribution in [2.45, 2.75) is 39.1 Å². The lowest BCUT2D eigenvalue weighted by atomic mass is 10.0. The van der Waals surface area contributed by atoms with Crippen molar-refractivity contribution in [1.82, 2.24) is 15.8 Å². The van der Waals surface area contributed by atoms with Gasteiger partial charge in [-0.3, -0.25) is 25.8 Å². The molecule has 44 heavy (non-hydrogen) atoms. The second-order valence-corrected chi connectivity index (χ2v) is 9.38. The molecule has 2 aromatic carbocycles. The predicted octanol–water partition coefficient (Wildman–Crippen LogP) is 4.45. The molecule has 0 aliphatic rings. The van der Waals surface area contributed by atoms with E-state index in [1.54, 1.807) is 42.5 Å². The summed E-state index contributed by atoms with van der Waals surface area (Å²) >= 11 is 5.77. The summed E-state index contributed by atoms with van der Waals surface area (Å²) in [6.45, 7) is 6.07. The van der Waals surface area contributed by atoms with Crippen LogP contribution in [0.1, 0.15) is 48.3 Å². The molecule has 1 unspecified atom stereocenters. The number of carboxylic acid groups (broad SMARTS) is 1. The van der Waals surface area contributed by atoms with Crippen molar-refractivity contribution in [2.75, 3.05) is 11.9 Å². The van der Waals surface area contributed by atoms with E-state index in [0.29, 0.717) is 34.9 Å². The standard InChI is InChI=1S/C26H29ClN6O4.C2HF3O2/c1-4-36-21-13-17(7-11-20(21)37-15(2)3)23(31-19-9-5-16(6-10-19)24(28)29)26(35)33-32-25(34)18-8-12-22(27)30-14-18;3-2(4,5)1(6)7/h5-15,23,31H,4H2,1-3H3,(H3,28,29)(H,32,34)(H,33,35);(H,6,7). The molecule has 1 atom stereocenters. The number of hydrogen-bond acceptors (Lipinski definition) is 8. The van der Waals surface area contributed by atoms with E-state index in [1.807, 2.05) is 20.8 Å². The van der Waals surface area contributed by atoms with Crippen molar-refractivity contribution in [3.63, 3.8) is 0 Å². The molecule has 3 rings (SSSR count). The average molecular weight is 639 g/mol. The Balaban J connectivity index is 0.000000860. The van der Waals surface area contributed by atoms with Gasteiger partial charge in [0.25, 0.3) is 11.8 Å². The molecule has 0 aliphatic carbocycles. The minimum absolute atomic E-state index is 0.0673. The lowest BCUT2D eigenvalue weighted by Gasteiger charge is -2.22. The lowest BCUT2D eigenvalue weighted by molar-refractivity contribution is -0.192. The minimum atomic E-state index is -5.08. The van der Waals surface area contributed by atoms with Gasteiger partial charge in [0.05, 0.1) is 18.3 Å². The molecule has 0 fully saturated rings. The largest absolute Gasteiger partial charge is 0.490 e. The first-order valence-electron chi connectivity index (χ1n) is 12.8. The van der Waals surface area contributed by atoms with E-state index in [1.165, 1.54) is 18.3 Å². The number of ether oxygens (including phenoxy) is 2. The number of nitrogen functional groups attached to an aromatic ring is 1. The Hall–Kier alpha value is -5.05. The molecule has 0 bridgehead atoms. The highest BCUT2D eigenvalue weighted by Gasteiger charge is 2.38. The molecule has 1 aromatic heterocycles. The normalized spacial score (nSPS) is 11.4. The van der Waals surface area contributed by atoms with Gasteiger partial charge in [0.15, 0.2) is 11.5 Å². The van der Waals surface area contributed by atoms with Crippen LogP contribution in [0.4, 0.5) is 18.9 Å². The number of aromatic nitrogens is 1. The Morgan fingerprint density at radius 2 is 1.64 bits per heavy atom. The number of hydrazine groups is 1. The summed E-state index contributed by atoms with van der Waals surface area (Å²) in [5.74, 6) is -2.89. The molecule has 0 aliphatic heterocycles. The van der Waals surface area contributed by atoms with Crippen molar-refractivity contribution in [3.8, 4) is 11.5 Å². The van der Waals surface area contributed by atoms with Crippen LogP contribution in [0.15, 0.2) is 60.8 Å². The number of anilines is 1. The highest BCUT2D eigenvalue weighted by Crippen LogP contribution is 2.33. The van der Waals surface area contributed by atoms with E-state index in [-0.39, 0.29) is 22.7 Å². The molecule has 236 valence electrons. The molecule has 0 saturated heterocycles. The van der Waals surface area contributed by atoms with Crippen molar-refractivity contribution in [3.05, 3.63) is 82.6 Å². The summed E-state index contributed by atoms with van der Waals surface area (Å²) in [5, 5.41) is 18.1. The Morgan fingerprint density at radius 3 is 2.14 bits per heavy atom. The fraction of sp³-hybridized carbons (Fsp3) is 0.250. The van der Waals surface area contributed by atoms with Gasteiger partial charge in [0.2, 0.25) is 0 Å². The molecule has 2 amide bonds. The number of nitrogens with two attached hydrogens (primary N) is 1. The Morgan fingerprint density at radius 1 is 1.02 bits per heavy atom.